The average molecular weight is 427 g/mol. The molecule has 0 saturated heterocycles. The summed E-state index contributed by atoms with van der Waals surface area (Å²) in [7, 11) is 0. The van der Waals surface area contributed by atoms with Crippen LogP contribution in [0.4, 0.5) is 0 Å². The van der Waals surface area contributed by atoms with Gasteiger partial charge in [-0.3, -0.25) is 0 Å². The van der Waals surface area contributed by atoms with Gasteiger partial charge in [0.1, 0.15) is 0 Å². The zero-order valence-corrected chi connectivity index (χ0v) is 21.7. The molecule has 5 aliphatic rings. The van der Waals surface area contributed by atoms with E-state index in [1.165, 1.54) is 64.2 Å². The van der Waals surface area contributed by atoms with Crippen molar-refractivity contribution in [1.82, 2.24) is 0 Å². The van der Waals surface area contributed by atoms with Crippen molar-refractivity contribution in [3.05, 3.63) is 11.8 Å². The molecule has 31 heavy (non-hydrogen) atoms. The molecule has 0 bridgehead atoms. The van der Waals surface area contributed by atoms with Gasteiger partial charge in [-0.2, -0.15) is 0 Å². The third-order valence-electron chi connectivity index (χ3n) is 12.7. The molecule has 2 spiro atoms. The van der Waals surface area contributed by atoms with E-state index in [1.54, 1.807) is 0 Å². The summed E-state index contributed by atoms with van der Waals surface area (Å²) in [5, 5.41) is 11.3. The first-order chi connectivity index (χ1) is 14.4. The SMILES string of the molecule is CC(C)CCCC(C)C1CCC2(C)C3CCC4C(C)(C)CC=C(O)C45CC35CCC12C. The van der Waals surface area contributed by atoms with E-state index in [1.807, 2.05) is 0 Å². The van der Waals surface area contributed by atoms with Gasteiger partial charge in [-0.25, -0.2) is 0 Å². The Labute approximate surface area is 192 Å². The molecular weight excluding hydrogens is 376 g/mol. The third kappa shape index (κ3) is 2.67. The molecule has 0 aromatic carbocycles. The fraction of sp³-hybridized carbons (Fsp3) is 0.933. The minimum absolute atomic E-state index is 0.142. The maximum Gasteiger partial charge on any atom is 0.0953 e. The van der Waals surface area contributed by atoms with Crippen LogP contribution in [0.3, 0.4) is 0 Å². The summed E-state index contributed by atoms with van der Waals surface area (Å²) in [5.74, 6) is 4.94. The molecule has 1 heteroatoms. The number of hydrogen-bond donors (Lipinski definition) is 1. The molecule has 5 aliphatic carbocycles. The Balaban J connectivity index is 1.42. The van der Waals surface area contributed by atoms with Gasteiger partial charge in [0.25, 0.3) is 0 Å². The molecule has 0 aromatic heterocycles. The number of hydrogen-bond acceptors (Lipinski definition) is 1. The van der Waals surface area contributed by atoms with E-state index in [4.69, 9.17) is 0 Å². The van der Waals surface area contributed by atoms with Crippen LogP contribution in [-0.4, -0.2) is 5.11 Å². The van der Waals surface area contributed by atoms with Gasteiger partial charge in [-0.15, -0.1) is 0 Å². The van der Waals surface area contributed by atoms with Crippen molar-refractivity contribution in [2.75, 3.05) is 0 Å². The highest BCUT2D eigenvalue weighted by atomic mass is 16.3. The largest absolute Gasteiger partial charge is 0.512 e. The van der Waals surface area contributed by atoms with Crippen LogP contribution in [0.5, 0.6) is 0 Å². The van der Waals surface area contributed by atoms with Crippen molar-refractivity contribution in [3.63, 3.8) is 0 Å². The molecule has 0 radical (unpaired) electrons. The molecule has 1 N–H and O–H groups in total. The summed E-state index contributed by atoms with van der Waals surface area (Å²) in [6.07, 6.45) is 17.3. The monoisotopic (exact) mass is 426 g/mol. The molecule has 1 nitrogen and oxygen atoms in total. The summed E-state index contributed by atoms with van der Waals surface area (Å²) < 4.78 is 0. The molecule has 0 aliphatic heterocycles. The number of aliphatic hydroxyl groups is 1. The van der Waals surface area contributed by atoms with E-state index in [2.05, 4.69) is 54.5 Å². The Morgan fingerprint density at radius 3 is 2.32 bits per heavy atom. The molecule has 0 aromatic rings. The quantitative estimate of drug-likeness (QED) is 0.465. The normalized spacial score (nSPS) is 50.7. The molecule has 176 valence electrons. The van der Waals surface area contributed by atoms with Crippen LogP contribution in [0.1, 0.15) is 119 Å². The lowest BCUT2D eigenvalue weighted by Gasteiger charge is -2.62. The zero-order chi connectivity index (χ0) is 22.4. The number of fused-ring (bicyclic) bond motifs is 2. The smallest absolute Gasteiger partial charge is 0.0953 e. The second-order valence-electron chi connectivity index (χ2n) is 14.6. The van der Waals surface area contributed by atoms with Crippen LogP contribution in [0, 0.1) is 56.7 Å². The van der Waals surface area contributed by atoms with E-state index in [9.17, 15) is 5.11 Å². The second-order valence-corrected chi connectivity index (χ2v) is 14.6. The van der Waals surface area contributed by atoms with Crippen LogP contribution in [0.15, 0.2) is 11.8 Å². The molecular formula is C30H50O. The van der Waals surface area contributed by atoms with Gasteiger partial charge in [0.05, 0.1) is 5.76 Å². The lowest BCUT2D eigenvalue weighted by Crippen LogP contribution is -2.56. The summed E-state index contributed by atoms with van der Waals surface area (Å²) in [6.45, 7) is 17.7. The van der Waals surface area contributed by atoms with Crippen molar-refractivity contribution in [2.45, 2.75) is 119 Å². The minimum Gasteiger partial charge on any atom is -0.512 e. The molecule has 4 fully saturated rings. The molecule has 8 atom stereocenters. The number of rotatable bonds is 5. The fourth-order valence-corrected chi connectivity index (χ4v) is 10.9. The highest BCUT2D eigenvalue weighted by molar-refractivity contribution is 5.38. The summed E-state index contributed by atoms with van der Waals surface area (Å²) in [6, 6.07) is 0. The van der Waals surface area contributed by atoms with Crippen molar-refractivity contribution in [1.29, 1.82) is 0 Å². The van der Waals surface area contributed by atoms with E-state index in [-0.39, 0.29) is 5.41 Å². The first kappa shape index (κ1) is 22.3. The lowest BCUT2D eigenvalue weighted by atomic mass is 9.42. The van der Waals surface area contributed by atoms with E-state index in [0.717, 1.165) is 35.9 Å². The van der Waals surface area contributed by atoms with Crippen LogP contribution < -0.4 is 0 Å². The topological polar surface area (TPSA) is 20.2 Å². The van der Waals surface area contributed by atoms with E-state index in [0.29, 0.717) is 27.6 Å². The maximum atomic E-state index is 11.3. The van der Waals surface area contributed by atoms with Crippen LogP contribution in [0.2, 0.25) is 0 Å². The Morgan fingerprint density at radius 2 is 1.61 bits per heavy atom. The first-order valence-corrected chi connectivity index (χ1v) is 13.8. The van der Waals surface area contributed by atoms with Gasteiger partial charge in [-0.05, 0) is 109 Å². The highest BCUT2D eigenvalue weighted by Crippen LogP contribution is 2.89. The maximum absolute atomic E-state index is 11.3. The first-order valence-electron chi connectivity index (χ1n) is 13.8. The van der Waals surface area contributed by atoms with E-state index >= 15 is 0 Å². The predicted octanol–water partition coefficient (Wildman–Crippen LogP) is 8.94. The summed E-state index contributed by atoms with van der Waals surface area (Å²) in [5.41, 5.74) is 1.88. The molecule has 4 saturated carbocycles. The Morgan fingerprint density at radius 1 is 0.903 bits per heavy atom. The predicted molar refractivity (Wildman–Crippen MR) is 131 cm³/mol. The third-order valence-corrected chi connectivity index (χ3v) is 12.7. The van der Waals surface area contributed by atoms with Gasteiger partial charge in [0, 0.05) is 5.41 Å². The number of allylic oxidation sites excluding steroid dienone is 2. The molecule has 8 unspecified atom stereocenters. The van der Waals surface area contributed by atoms with Crippen molar-refractivity contribution in [3.8, 4) is 0 Å². The van der Waals surface area contributed by atoms with Gasteiger partial charge >= 0.3 is 0 Å². The van der Waals surface area contributed by atoms with Crippen molar-refractivity contribution in [2.24, 2.45) is 56.7 Å². The summed E-state index contributed by atoms with van der Waals surface area (Å²) >= 11 is 0. The van der Waals surface area contributed by atoms with Crippen molar-refractivity contribution >= 4 is 0 Å². The highest BCUT2D eigenvalue weighted by Gasteiger charge is 2.83. The standard InChI is InChI=1S/C30H50O/c1-20(2)9-8-10-21(3)22-13-16-28(7)24-12-11-23-26(4,5)15-14-25(31)30(23)19-29(24,30)18-17-27(22,28)6/h14,20-24,31H,8-13,15-19H2,1-7H3. The Bertz CT molecular complexity index is 762. The lowest BCUT2D eigenvalue weighted by molar-refractivity contribution is -0.134. The molecule has 0 amide bonds. The zero-order valence-electron chi connectivity index (χ0n) is 21.7. The van der Waals surface area contributed by atoms with Crippen molar-refractivity contribution < 1.29 is 5.11 Å². The Hall–Kier alpha value is -0.460. The second kappa shape index (κ2) is 6.79. The van der Waals surface area contributed by atoms with Gasteiger partial charge < -0.3 is 5.11 Å². The summed E-state index contributed by atoms with van der Waals surface area (Å²) in [4.78, 5) is 0. The van der Waals surface area contributed by atoms with E-state index < -0.39 is 0 Å². The number of aliphatic hydroxyl groups excluding tert-OH is 1. The van der Waals surface area contributed by atoms with Crippen LogP contribution >= 0.6 is 0 Å². The molecule has 0 heterocycles. The van der Waals surface area contributed by atoms with Gasteiger partial charge in [0.15, 0.2) is 0 Å². The molecule has 5 rings (SSSR count). The average Bonchev–Trinajstić information content (AvgIpc) is 3.30. The van der Waals surface area contributed by atoms with Gasteiger partial charge in [-0.1, -0.05) is 67.7 Å². The fourth-order valence-electron chi connectivity index (χ4n) is 10.9. The van der Waals surface area contributed by atoms with Gasteiger partial charge in [0.2, 0.25) is 0 Å². The van der Waals surface area contributed by atoms with Crippen LogP contribution in [-0.2, 0) is 0 Å². The minimum atomic E-state index is 0.142. The Kier molecular flexibility index (Phi) is 4.89. The van der Waals surface area contributed by atoms with Crippen LogP contribution in [0.25, 0.3) is 0 Å².